The highest BCUT2D eigenvalue weighted by Gasteiger charge is 2.14. The number of carboxylic acid groups (broad SMARTS) is 1. The van der Waals surface area contributed by atoms with Crippen LogP contribution in [0.2, 0.25) is 0 Å². The molecule has 146 valence electrons. The maximum Gasteiger partial charge on any atom is 0.304 e. The number of carbonyl (C=O) groups is 2. The van der Waals surface area contributed by atoms with E-state index in [1.54, 1.807) is 0 Å². The van der Waals surface area contributed by atoms with E-state index in [-0.39, 0.29) is 34.9 Å². The van der Waals surface area contributed by atoms with Crippen LogP contribution >= 0.6 is 0 Å². The second-order valence-electron chi connectivity index (χ2n) is 5.61. The number of non-ortho nitro benzene ring substituents is 1. The lowest BCUT2D eigenvalue weighted by Crippen LogP contribution is -2.26. The predicted molar refractivity (Wildman–Crippen MR) is 100 cm³/mol. The molecule has 0 aliphatic heterocycles. The molecule has 0 unspecified atom stereocenters. The van der Waals surface area contributed by atoms with E-state index in [4.69, 9.17) is 5.11 Å². The van der Waals surface area contributed by atoms with Gasteiger partial charge in [0, 0.05) is 24.2 Å². The van der Waals surface area contributed by atoms with Crippen molar-refractivity contribution < 1.29 is 28.0 Å². The molecule has 0 aliphatic rings. The summed E-state index contributed by atoms with van der Waals surface area (Å²) in [6, 6.07) is 10.8. The number of ketones is 1. The number of nitro benzene ring substituents is 1. The van der Waals surface area contributed by atoms with E-state index < -0.39 is 20.9 Å². The lowest BCUT2D eigenvalue weighted by atomic mass is 10.1. The van der Waals surface area contributed by atoms with Crippen LogP contribution in [-0.2, 0) is 14.8 Å². The molecule has 0 aromatic heterocycles. The van der Waals surface area contributed by atoms with Crippen molar-refractivity contribution in [3.8, 4) is 0 Å². The van der Waals surface area contributed by atoms with Gasteiger partial charge in [0.05, 0.1) is 16.2 Å². The Kier molecular flexibility index (Phi) is 6.74. The third-order valence-electron chi connectivity index (χ3n) is 3.61. The number of rotatable bonds is 9. The number of hydrogen-bond donors (Lipinski definition) is 2. The van der Waals surface area contributed by atoms with E-state index >= 15 is 0 Å². The maximum atomic E-state index is 12.2. The molecule has 0 radical (unpaired) electrons. The highest BCUT2D eigenvalue weighted by atomic mass is 32.2. The summed E-state index contributed by atoms with van der Waals surface area (Å²) < 4.78 is 26.2. The average molecular weight is 404 g/mol. The van der Waals surface area contributed by atoms with E-state index in [0.29, 0.717) is 5.56 Å². The average Bonchev–Trinajstić information content (AvgIpc) is 2.66. The monoisotopic (exact) mass is 404 g/mol. The van der Waals surface area contributed by atoms with Crippen molar-refractivity contribution in [2.45, 2.75) is 11.3 Å². The van der Waals surface area contributed by atoms with Gasteiger partial charge in [0.2, 0.25) is 10.0 Å². The van der Waals surface area contributed by atoms with Crippen molar-refractivity contribution in [3.05, 3.63) is 75.8 Å². The lowest BCUT2D eigenvalue weighted by molar-refractivity contribution is -0.384. The topological polar surface area (TPSA) is 144 Å². The minimum atomic E-state index is -3.86. The van der Waals surface area contributed by atoms with Crippen LogP contribution in [0.25, 0.3) is 6.08 Å². The summed E-state index contributed by atoms with van der Waals surface area (Å²) in [6.07, 6.45) is 2.42. The fourth-order valence-corrected chi connectivity index (χ4v) is 3.18. The van der Waals surface area contributed by atoms with Gasteiger partial charge in [0.25, 0.3) is 5.69 Å². The number of nitrogens with one attached hydrogen (secondary N) is 1. The molecule has 2 N–H and O–H groups in total. The summed E-state index contributed by atoms with van der Waals surface area (Å²) in [5.41, 5.74) is 0.792. The first-order valence-electron chi connectivity index (χ1n) is 7.97. The minimum Gasteiger partial charge on any atom is -0.481 e. The van der Waals surface area contributed by atoms with Gasteiger partial charge in [-0.15, -0.1) is 0 Å². The Morgan fingerprint density at radius 2 is 1.68 bits per heavy atom. The van der Waals surface area contributed by atoms with Crippen LogP contribution in [0.3, 0.4) is 0 Å². The first-order valence-corrected chi connectivity index (χ1v) is 9.46. The van der Waals surface area contributed by atoms with Crippen LogP contribution < -0.4 is 4.72 Å². The highest BCUT2D eigenvalue weighted by molar-refractivity contribution is 7.89. The number of nitro groups is 1. The van der Waals surface area contributed by atoms with Gasteiger partial charge in [0.1, 0.15) is 0 Å². The molecule has 0 saturated heterocycles. The fourth-order valence-electron chi connectivity index (χ4n) is 2.15. The van der Waals surface area contributed by atoms with Crippen molar-refractivity contribution >= 4 is 33.5 Å². The molecule has 0 heterocycles. The molecule has 0 aliphatic carbocycles. The number of carbonyl (C=O) groups excluding carboxylic acids is 1. The van der Waals surface area contributed by atoms with Crippen molar-refractivity contribution in [3.63, 3.8) is 0 Å². The molecule has 0 atom stereocenters. The van der Waals surface area contributed by atoms with Crippen LogP contribution in [0, 0.1) is 10.1 Å². The number of nitrogens with zero attached hydrogens (tertiary/aromatic N) is 1. The molecule has 9 nitrogen and oxygen atoms in total. The predicted octanol–water partition coefficient (Wildman–Crippen LogP) is 2.24. The van der Waals surface area contributed by atoms with E-state index in [2.05, 4.69) is 4.72 Å². The van der Waals surface area contributed by atoms with Gasteiger partial charge in [-0.2, -0.15) is 0 Å². The van der Waals surface area contributed by atoms with Crippen molar-refractivity contribution in [2.24, 2.45) is 0 Å². The normalized spacial score (nSPS) is 11.4. The van der Waals surface area contributed by atoms with Crippen molar-refractivity contribution in [1.29, 1.82) is 0 Å². The Morgan fingerprint density at radius 3 is 2.21 bits per heavy atom. The minimum absolute atomic E-state index is 0.0581. The number of allylic oxidation sites excluding steroid dienone is 1. The first-order chi connectivity index (χ1) is 13.2. The van der Waals surface area contributed by atoms with Gasteiger partial charge in [-0.25, -0.2) is 13.1 Å². The van der Waals surface area contributed by atoms with Crippen LogP contribution in [-0.4, -0.2) is 36.7 Å². The smallest absolute Gasteiger partial charge is 0.304 e. The molecular weight excluding hydrogens is 388 g/mol. The van der Waals surface area contributed by atoms with Crippen molar-refractivity contribution in [2.75, 3.05) is 6.54 Å². The molecule has 28 heavy (non-hydrogen) atoms. The summed E-state index contributed by atoms with van der Waals surface area (Å²) in [7, 11) is -3.86. The summed E-state index contributed by atoms with van der Waals surface area (Å²) in [5, 5.41) is 19.1. The van der Waals surface area contributed by atoms with E-state index in [0.717, 1.165) is 0 Å². The number of sulfonamides is 1. The third-order valence-corrected chi connectivity index (χ3v) is 5.09. The van der Waals surface area contributed by atoms with Crippen LogP contribution in [0.1, 0.15) is 22.3 Å². The first kappa shape index (κ1) is 20.9. The zero-order chi connectivity index (χ0) is 20.7. The molecule has 0 saturated carbocycles. The SMILES string of the molecule is O=C(O)CCNS(=O)(=O)c1ccc(C(=O)/C=C\c2ccc([N+](=O)[O-])cc2)cc1. The second-order valence-corrected chi connectivity index (χ2v) is 7.38. The molecule has 10 heteroatoms. The standard InChI is InChI=1S/C18H16N2O7S/c21-17(10-3-13-1-6-15(7-2-13)20(24)25)14-4-8-16(9-5-14)28(26,27)19-12-11-18(22)23/h1-10,19H,11-12H2,(H,22,23)/b10-3-. The molecule has 0 bridgehead atoms. The fraction of sp³-hybridized carbons (Fsp3) is 0.111. The zero-order valence-electron chi connectivity index (χ0n) is 14.4. The summed E-state index contributed by atoms with van der Waals surface area (Å²) in [4.78, 5) is 32.6. The molecule has 0 spiro atoms. The Balaban J connectivity index is 2.04. The van der Waals surface area contributed by atoms with Gasteiger partial charge < -0.3 is 5.11 Å². The van der Waals surface area contributed by atoms with Crippen LogP contribution in [0.15, 0.2) is 59.5 Å². The molecule has 0 amide bonds. The molecule has 2 aromatic rings. The second kappa shape index (κ2) is 9.02. The Hall–Kier alpha value is -3.37. The van der Waals surface area contributed by atoms with E-state index in [1.165, 1.54) is 60.7 Å². The maximum absolute atomic E-state index is 12.2. The number of aliphatic carboxylic acids is 1. The summed E-state index contributed by atoms with van der Waals surface area (Å²) in [5.74, 6) is -1.50. The van der Waals surface area contributed by atoms with E-state index in [9.17, 15) is 28.1 Å². The number of benzene rings is 2. The lowest BCUT2D eigenvalue weighted by Gasteiger charge is -2.06. The van der Waals surface area contributed by atoms with Gasteiger partial charge in [-0.3, -0.25) is 19.7 Å². The number of hydrogen-bond acceptors (Lipinski definition) is 6. The highest BCUT2D eigenvalue weighted by Crippen LogP contribution is 2.14. The van der Waals surface area contributed by atoms with Gasteiger partial charge in [-0.05, 0) is 48.0 Å². The molecular formula is C18H16N2O7S. The van der Waals surface area contributed by atoms with Crippen molar-refractivity contribution in [1.82, 2.24) is 4.72 Å². The van der Waals surface area contributed by atoms with Gasteiger partial charge >= 0.3 is 5.97 Å². The summed E-state index contributed by atoms with van der Waals surface area (Å²) >= 11 is 0. The zero-order valence-corrected chi connectivity index (χ0v) is 15.3. The van der Waals surface area contributed by atoms with Crippen LogP contribution in [0.4, 0.5) is 5.69 Å². The largest absolute Gasteiger partial charge is 0.481 e. The van der Waals surface area contributed by atoms with Gasteiger partial charge in [0.15, 0.2) is 5.78 Å². The quantitative estimate of drug-likeness (QED) is 0.282. The third kappa shape index (κ3) is 5.83. The van der Waals surface area contributed by atoms with Crippen LogP contribution in [0.5, 0.6) is 0 Å². The Labute approximate surface area is 160 Å². The molecule has 0 fully saturated rings. The molecule has 2 rings (SSSR count). The van der Waals surface area contributed by atoms with E-state index in [1.807, 2.05) is 0 Å². The molecule has 2 aromatic carbocycles. The number of carboxylic acids is 1. The summed E-state index contributed by atoms with van der Waals surface area (Å²) in [6.45, 7) is -0.240. The van der Waals surface area contributed by atoms with Gasteiger partial charge in [-0.1, -0.05) is 6.08 Å². The Morgan fingerprint density at radius 1 is 1.07 bits per heavy atom. The Bertz CT molecular complexity index is 1010.